The van der Waals surface area contributed by atoms with Crippen molar-refractivity contribution >= 4 is 11.8 Å². The highest BCUT2D eigenvalue weighted by molar-refractivity contribution is 7.98. The molecule has 1 nitrogen and oxygen atoms in total. The van der Waals surface area contributed by atoms with Crippen molar-refractivity contribution in [1.29, 1.82) is 0 Å². The van der Waals surface area contributed by atoms with E-state index in [2.05, 4.69) is 6.07 Å². The molecule has 0 N–H and O–H groups in total. The van der Waals surface area contributed by atoms with Gasteiger partial charge in [-0.15, -0.1) is 11.8 Å². The molecule has 0 aliphatic carbocycles. The first-order valence-corrected chi connectivity index (χ1v) is 3.14. The Labute approximate surface area is 46.7 Å². The van der Waals surface area contributed by atoms with Crippen molar-refractivity contribution in [2.24, 2.45) is 0 Å². The van der Waals surface area contributed by atoms with Gasteiger partial charge in [-0.3, -0.25) is 0 Å². The summed E-state index contributed by atoms with van der Waals surface area (Å²) in [6.45, 7) is 0. The molecule has 0 bridgehead atoms. The summed E-state index contributed by atoms with van der Waals surface area (Å²) in [7, 11) is 0. The molecule has 0 saturated heterocycles. The Bertz CT molecular complexity index is 123. The van der Waals surface area contributed by atoms with Gasteiger partial charge in [0.15, 0.2) is 0 Å². The van der Waals surface area contributed by atoms with Crippen LogP contribution in [0.2, 0.25) is 0 Å². The number of thioether (sulfide) groups is 1. The minimum absolute atomic E-state index is 1.06. The Morgan fingerprint density at radius 2 is 2.71 bits per heavy atom. The van der Waals surface area contributed by atoms with Gasteiger partial charge in [0.25, 0.3) is 0 Å². The van der Waals surface area contributed by atoms with Crippen molar-refractivity contribution in [3.8, 4) is 0 Å². The lowest BCUT2D eigenvalue weighted by molar-refractivity contribution is 0.561. The standard InChI is InChI=1S/C5H5OS/c1-7-5-2-3-6-4-5/h3-4H,1H3. The van der Waals surface area contributed by atoms with E-state index in [1.165, 1.54) is 0 Å². The molecule has 0 saturated carbocycles. The van der Waals surface area contributed by atoms with Crippen LogP contribution in [-0.2, 0) is 0 Å². The van der Waals surface area contributed by atoms with Crippen molar-refractivity contribution in [2.45, 2.75) is 4.90 Å². The van der Waals surface area contributed by atoms with E-state index in [4.69, 9.17) is 4.42 Å². The summed E-state index contributed by atoms with van der Waals surface area (Å²) >= 11 is 1.63. The van der Waals surface area contributed by atoms with Crippen LogP contribution in [0.25, 0.3) is 0 Å². The Kier molecular flexibility index (Phi) is 1.42. The Morgan fingerprint density at radius 3 is 3.00 bits per heavy atom. The lowest BCUT2D eigenvalue weighted by Crippen LogP contribution is -1.51. The SMILES string of the molecule is CSc1[c]coc1. The van der Waals surface area contributed by atoms with E-state index < -0.39 is 0 Å². The van der Waals surface area contributed by atoms with Crippen LogP contribution in [0, 0.1) is 6.07 Å². The molecule has 0 fully saturated rings. The maximum Gasteiger partial charge on any atom is 0.104 e. The van der Waals surface area contributed by atoms with Crippen LogP contribution in [0.15, 0.2) is 21.8 Å². The van der Waals surface area contributed by atoms with E-state index in [0.717, 1.165) is 4.90 Å². The second kappa shape index (κ2) is 2.07. The van der Waals surface area contributed by atoms with Gasteiger partial charge >= 0.3 is 0 Å². The van der Waals surface area contributed by atoms with Crippen LogP contribution < -0.4 is 0 Å². The fraction of sp³-hybridized carbons (Fsp3) is 0.200. The second-order valence-electron chi connectivity index (χ2n) is 1.08. The third-order valence-corrected chi connectivity index (χ3v) is 1.32. The third-order valence-electron chi connectivity index (χ3n) is 0.664. The lowest BCUT2D eigenvalue weighted by atomic mass is 10.7. The lowest BCUT2D eigenvalue weighted by Gasteiger charge is -1.76. The molecule has 7 heavy (non-hydrogen) atoms. The highest BCUT2D eigenvalue weighted by Crippen LogP contribution is 2.11. The average molecular weight is 113 g/mol. The quantitative estimate of drug-likeness (QED) is 0.515. The fourth-order valence-electron chi connectivity index (χ4n) is 0.329. The van der Waals surface area contributed by atoms with E-state index >= 15 is 0 Å². The predicted octanol–water partition coefficient (Wildman–Crippen LogP) is 1.80. The zero-order valence-corrected chi connectivity index (χ0v) is 4.79. The van der Waals surface area contributed by atoms with Crippen molar-refractivity contribution in [3.05, 3.63) is 18.6 Å². The molecule has 0 amide bonds. The molecule has 0 aromatic carbocycles. The van der Waals surface area contributed by atoms with Gasteiger partial charge in [-0.1, -0.05) is 0 Å². The summed E-state index contributed by atoms with van der Waals surface area (Å²) in [6.07, 6.45) is 5.21. The number of hydrogen-bond donors (Lipinski definition) is 0. The number of rotatable bonds is 1. The first kappa shape index (κ1) is 4.78. The van der Waals surface area contributed by atoms with Crippen molar-refractivity contribution < 1.29 is 4.42 Å². The molecule has 2 heteroatoms. The summed E-state index contributed by atoms with van der Waals surface area (Å²) in [5.41, 5.74) is 0. The molecule has 1 aromatic heterocycles. The van der Waals surface area contributed by atoms with Gasteiger partial charge in [0.2, 0.25) is 0 Å². The van der Waals surface area contributed by atoms with Crippen LogP contribution in [-0.4, -0.2) is 6.26 Å². The monoisotopic (exact) mass is 113 g/mol. The van der Waals surface area contributed by atoms with Crippen molar-refractivity contribution in [1.82, 2.24) is 0 Å². The summed E-state index contributed by atoms with van der Waals surface area (Å²) in [5.74, 6) is 0. The Hall–Kier alpha value is -0.370. The van der Waals surface area contributed by atoms with Crippen molar-refractivity contribution in [3.63, 3.8) is 0 Å². The largest absolute Gasteiger partial charge is 0.471 e. The van der Waals surface area contributed by atoms with Crippen LogP contribution in [0.5, 0.6) is 0 Å². The van der Waals surface area contributed by atoms with Gasteiger partial charge in [-0.2, -0.15) is 0 Å². The molecular weight excluding hydrogens is 108 g/mol. The van der Waals surface area contributed by atoms with Gasteiger partial charge in [-0.05, 0) is 6.26 Å². The molecule has 1 aromatic rings. The zero-order chi connectivity index (χ0) is 5.11. The van der Waals surface area contributed by atoms with Crippen LogP contribution in [0.1, 0.15) is 0 Å². The minimum Gasteiger partial charge on any atom is -0.471 e. The zero-order valence-electron chi connectivity index (χ0n) is 3.97. The summed E-state index contributed by atoms with van der Waals surface area (Å²) in [5, 5.41) is 0. The molecule has 1 heterocycles. The maximum atomic E-state index is 4.73. The second-order valence-corrected chi connectivity index (χ2v) is 1.93. The molecule has 0 unspecified atom stereocenters. The van der Waals surface area contributed by atoms with E-state index in [0.29, 0.717) is 0 Å². The molecule has 0 aliphatic heterocycles. The molecule has 1 rings (SSSR count). The average Bonchev–Trinajstić information content (AvgIpc) is 2.14. The van der Waals surface area contributed by atoms with Gasteiger partial charge in [0, 0.05) is 6.07 Å². The smallest absolute Gasteiger partial charge is 0.104 e. The first-order chi connectivity index (χ1) is 3.43. The van der Waals surface area contributed by atoms with E-state index in [1.807, 2.05) is 6.26 Å². The molecule has 1 radical (unpaired) electrons. The highest BCUT2D eigenvalue weighted by atomic mass is 32.2. The molecule has 37 valence electrons. The van der Waals surface area contributed by atoms with Crippen molar-refractivity contribution in [2.75, 3.05) is 6.26 Å². The van der Waals surface area contributed by atoms with E-state index in [-0.39, 0.29) is 0 Å². The molecule has 0 aliphatic rings. The normalized spacial score (nSPS) is 9.29. The van der Waals surface area contributed by atoms with E-state index in [9.17, 15) is 0 Å². The first-order valence-electron chi connectivity index (χ1n) is 1.91. The van der Waals surface area contributed by atoms with Crippen LogP contribution >= 0.6 is 11.8 Å². The van der Waals surface area contributed by atoms with E-state index in [1.54, 1.807) is 24.3 Å². The fourth-order valence-corrected chi connectivity index (χ4v) is 0.647. The predicted molar refractivity (Wildman–Crippen MR) is 29.3 cm³/mol. The van der Waals surface area contributed by atoms with Crippen LogP contribution in [0.4, 0.5) is 0 Å². The Morgan fingerprint density at radius 1 is 1.86 bits per heavy atom. The summed E-state index contributed by atoms with van der Waals surface area (Å²) in [4.78, 5) is 1.06. The number of hydrogen-bond acceptors (Lipinski definition) is 2. The summed E-state index contributed by atoms with van der Waals surface area (Å²) in [6, 6.07) is 2.88. The minimum atomic E-state index is 1.06. The van der Waals surface area contributed by atoms with Gasteiger partial charge in [-0.25, -0.2) is 0 Å². The molecule has 0 atom stereocenters. The van der Waals surface area contributed by atoms with Gasteiger partial charge in [0.05, 0.1) is 11.2 Å². The molecular formula is C5H5OS. The maximum absolute atomic E-state index is 4.73. The van der Waals surface area contributed by atoms with Gasteiger partial charge in [0.1, 0.15) is 6.26 Å². The van der Waals surface area contributed by atoms with Gasteiger partial charge < -0.3 is 4.42 Å². The number of furan rings is 1. The highest BCUT2D eigenvalue weighted by Gasteiger charge is 1.85. The Balaban J connectivity index is 2.76. The summed E-state index contributed by atoms with van der Waals surface area (Å²) < 4.78 is 4.73. The molecule has 0 spiro atoms. The van der Waals surface area contributed by atoms with Crippen LogP contribution in [0.3, 0.4) is 0 Å². The topological polar surface area (TPSA) is 13.1 Å². The third kappa shape index (κ3) is 0.996.